The van der Waals surface area contributed by atoms with Crippen LogP contribution in [0.1, 0.15) is 64.7 Å². The van der Waals surface area contributed by atoms with Crippen molar-refractivity contribution in [1.29, 1.82) is 0 Å². The van der Waals surface area contributed by atoms with E-state index in [-0.39, 0.29) is 11.8 Å². The molecule has 1 unspecified atom stereocenters. The number of unbranched alkanes of at least 4 members (excludes halogenated alkanes) is 1. The molecule has 0 saturated heterocycles. The zero-order valence-corrected chi connectivity index (χ0v) is 11.9. The van der Waals surface area contributed by atoms with Crippen molar-refractivity contribution in [2.75, 3.05) is 13.1 Å². The maximum absolute atomic E-state index is 12.1. The Kier molecular flexibility index (Phi) is 8.06. The van der Waals surface area contributed by atoms with Gasteiger partial charge in [0.15, 0.2) is 0 Å². The van der Waals surface area contributed by atoms with Crippen LogP contribution >= 0.6 is 0 Å². The first-order chi connectivity index (χ1) is 8.77. The quantitative estimate of drug-likeness (QED) is 0.654. The van der Waals surface area contributed by atoms with Gasteiger partial charge >= 0.3 is 0 Å². The van der Waals surface area contributed by atoms with Crippen LogP contribution in [0.5, 0.6) is 0 Å². The van der Waals surface area contributed by atoms with Crippen molar-refractivity contribution in [3.63, 3.8) is 0 Å². The molecular weight excluding hydrogens is 224 g/mol. The van der Waals surface area contributed by atoms with Crippen molar-refractivity contribution in [2.45, 2.75) is 64.7 Å². The minimum absolute atomic E-state index is 0.228. The molecule has 1 aliphatic rings. The van der Waals surface area contributed by atoms with Crippen molar-refractivity contribution in [3.05, 3.63) is 0 Å². The van der Waals surface area contributed by atoms with Gasteiger partial charge in [-0.25, -0.2) is 0 Å². The van der Waals surface area contributed by atoms with Crippen LogP contribution in [0.3, 0.4) is 0 Å². The molecule has 3 nitrogen and oxygen atoms in total. The monoisotopic (exact) mass is 254 g/mol. The first-order valence-electron chi connectivity index (χ1n) is 7.75. The molecule has 1 rings (SSSR count). The van der Waals surface area contributed by atoms with E-state index in [0.29, 0.717) is 0 Å². The highest BCUT2D eigenvalue weighted by molar-refractivity contribution is 5.78. The number of carbonyl (C=O) groups excluding carboxylic acids is 1. The fourth-order valence-electron chi connectivity index (χ4n) is 2.91. The van der Waals surface area contributed by atoms with Gasteiger partial charge in [-0.15, -0.1) is 0 Å². The van der Waals surface area contributed by atoms with Crippen LogP contribution < -0.4 is 11.1 Å². The standard InChI is InChI=1S/C15H30N2O/c1-2-14(12-13-8-4-3-5-9-13)15(18)17-11-7-6-10-16/h13-14H,2-12,16H2,1H3,(H,17,18). The molecule has 0 aromatic heterocycles. The van der Waals surface area contributed by atoms with E-state index < -0.39 is 0 Å². The lowest BCUT2D eigenvalue weighted by Crippen LogP contribution is -2.32. The summed E-state index contributed by atoms with van der Waals surface area (Å²) in [5.74, 6) is 1.28. The fraction of sp³-hybridized carbons (Fsp3) is 0.933. The van der Waals surface area contributed by atoms with E-state index in [1.165, 1.54) is 32.1 Å². The highest BCUT2D eigenvalue weighted by Gasteiger charge is 2.22. The second-order valence-electron chi connectivity index (χ2n) is 5.63. The van der Waals surface area contributed by atoms with Crippen LogP contribution in [0.25, 0.3) is 0 Å². The van der Waals surface area contributed by atoms with Crippen LogP contribution in [0.2, 0.25) is 0 Å². The summed E-state index contributed by atoms with van der Waals surface area (Å²) >= 11 is 0. The molecule has 1 amide bonds. The number of nitrogens with two attached hydrogens (primary N) is 1. The van der Waals surface area contributed by atoms with Gasteiger partial charge in [-0.3, -0.25) is 4.79 Å². The molecular formula is C15H30N2O. The Morgan fingerprint density at radius 3 is 2.61 bits per heavy atom. The number of rotatable bonds is 8. The second-order valence-corrected chi connectivity index (χ2v) is 5.63. The molecule has 0 aromatic rings. The molecule has 3 heteroatoms. The molecule has 0 radical (unpaired) electrons. The Bertz CT molecular complexity index is 225. The lowest BCUT2D eigenvalue weighted by molar-refractivity contribution is -0.125. The average molecular weight is 254 g/mol. The second kappa shape index (κ2) is 9.37. The molecule has 1 fully saturated rings. The van der Waals surface area contributed by atoms with Gasteiger partial charge in [0.1, 0.15) is 0 Å². The smallest absolute Gasteiger partial charge is 0.223 e. The predicted octanol–water partition coefficient (Wildman–Crippen LogP) is 2.84. The Labute approximate surface area is 112 Å². The molecule has 18 heavy (non-hydrogen) atoms. The minimum atomic E-state index is 0.228. The molecule has 3 N–H and O–H groups in total. The molecule has 0 aromatic carbocycles. The maximum atomic E-state index is 12.1. The first kappa shape index (κ1) is 15.5. The van der Waals surface area contributed by atoms with Crippen molar-refractivity contribution in [3.8, 4) is 0 Å². The Hall–Kier alpha value is -0.570. The van der Waals surface area contributed by atoms with E-state index >= 15 is 0 Å². The van der Waals surface area contributed by atoms with Crippen LogP contribution in [-0.2, 0) is 4.79 Å². The van der Waals surface area contributed by atoms with E-state index in [4.69, 9.17) is 5.73 Å². The largest absolute Gasteiger partial charge is 0.356 e. The Balaban J connectivity index is 2.23. The molecule has 1 atom stereocenters. The summed E-state index contributed by atoms with van der Waals surface area (Å²) in [7, 11) is 0. The minimum Gasteiger partial charge on any atom is -0.356 e. The van der Waals surface area contributed by atoms with E-state index in [9.17, 15) is 4.79 Å². The number of hydrogen-bond acceptors (Lipinski definition) is 2. The summed E-state index contributed by atoms with van der Waals surface area (Å²) in [4.78, 5) is 12.1. The van der Waals surface area contributed by atoms with E-state index in [1.54, 1.807) is 0 Å². The van der Waals surface area contributed by atoms with Gasteiger partial charge in [0, 0.05) is 12.5 Å². The third kappa shape index (κ3) is 5.85. The Morgan fingerprint density at radius 2 is 2.00 bits per heavy atom. The van der Waals surface area contributed by atoms with E-state index in [0.717, 1.165) is 44.7 Å². The van der Waals surface area contributed by atoms with Crippen molar-refractivity contribution in [2.24, 2.45) is 17.6 Å². The fourth-order valence-corrected chi connectivity index (χ4v) is 2.91. The van der Waals surface area contributed by atoms with Gasteiger partial charge in [0.25, 0.3) is 0 Å². The third-order valence-electron chi connectivity index (χ3n) is 4.14. The van der Waals surface area contributed by atoms with Gasteiger partial charge in [-0.1, -0.05) is 39.0 Å². The zero-order chi connectivity index (χ0) is 13.2. The zero-order valence-electron chi connectivity index (χ0n) is 11.9. The van der Waals surface area contributed by atoms with Crippen LogP contribution in [0, 0.1) is 11.8 Å². The molecule has 106 valence electrons. The van der Waals surface area contributed by atoms with Crippen molar-refractivity contribution in [1.82, 2.24) is 5.32 Å². The number of hydrogen-bond donors (Lipinski definition) is 2. The van der Waals surface area contributed by atoms with Gasteiger partial charge in [0.05, 0.1) is 0 Å². The van der Waals surface area contributed by atoms with Gasteiger partial charge in [-0.05, 0) is 38.1 Å². The first-order valence-corrected chi connectivity index (χ1v) is 7.75. The van der Waals surface area contributed by atoms with Crippen LogP contribution in [0.15, 0.2) is 0 Å². The number of nitrogens with one attached hydrogen (secondary N) is 1. The van der Waals surface area contributed by atoms with E-state index in [2.05, 4.69) is 12.2 Å². The number of amides is 1. The van der Waals surface area contributed by atoms with Gasteiger partial charge in [-0.2, -0.15) is 0 Å². The lowest BCUT2D eigenvalue weighted by atomic mass is 9.82. The maximum Gasteiger partial charge on any atom is 0.223 e. The molecule has 0 heterocycles. The van der Waals surface area contributed by atoms with Crippen molar-refractivity contribution < 1.29 is 4.79 Å². The molecule has 1 saturated carbocycles. The van der Waals surface area contributed by atoms with Gasteiger partial charge < -0.3 is 11.1 Å². The summed E-state index contributed by atoms with van der Waals surface area (Å²) < 4.78 is 0. The molecule has 0 bridgehead atoms. The summed E-state index contributed by atoms with van der Waals surface area (Å²) in [6.45, 7) is 3.64. The van der Waals surface area contributed by atoms with E-state index in [1.807, 2.05) is 0 Å². The molecule has 0 aliphatic heterocycles. The van der Waals surface area contributed by atoms with Crippen LogP contribution in [-0.4, -0.2) is 19.0 Å². The highest BCUT2D eigenvalue weighted by Crippen LogP contribution is 2.30. The number of carbonyl (C=O) groups is 1. The SMILES string of the molecule is CCC(CC1CCCCC1)C(=O)NCCCCN. The summed E-state index contributed by atoms with van der Waals surface area (Å²) in [6.07, 6.45) is 10.8. The highest BCUT2D eigenvalue weighted by atomic mass is 16.1. The van der Waals surface area contributed by atoms with Crippen molar-refractivity contribution >= 4 is 5.91 Å². The van der Waals surface area contributed by atoms with Crippen LogP contribution in [0.4, 0.5) is 0 Å². The Morgan fingerprint density at radius 1 is 1.28 bits per heavy atom. The molecule has 1 aliphatic carbocycles. The summed E-state index contributed by atoms with van der Waals surface area (Å²) in [5, 5.41) is 3.06. The van der Waals surface area contributed by atoms with Gasteiger partial charge in [0.2, 0.25) is 5.91 Å². The predicted molar refractivity (Wildman–Crippen MR) is 76.3 cm³/mol. The average Bonchev–Trinajstić information content (AvgIpc) is 2.42. The normalized spacial score (nSPS) is 18.6. The topological polar surface area (TPSA) is 55.1 Å². The summed E-state index contributed by atoms with van der Waals surface area (Å²) in [5.41, 5.74) is 5.44. The molecule has 0 spiro atoms. The third-order valence-corrected chi connectivity index (χ3v) is 4.14. The summed E-state index contributed by atoms with van der Waals surface area (Å²) in [6, 6.07) is 0. The lowest BCUT2D eigenvalue weighted by Gasteiger charge is -2.25.